The highest BCUT2D eigenvalue weighted by atomic mass is 16.2. The largest absolute Gasteiger partial charge is 0.337 e. The number of aromatic nitrogens is 6. The Bertz CT molecular complexity index is 1510. The van der Waals surface area contributed by atoms with Crippen LogP contribution in [0.1, 0.15) is 26.3 Å². The normalized spacial score (nSPS) is 15.1. The van der Waals surface area contributed by atoms with Crippen LogP contribution in [0.5, 0.6) is 0 Å². The number of rotatable bonds is 3. The van der Waals surface area contributed by atoms with Crippen LogP contribution < -0.4 is 4.90 Å². The van der Waals surface area contributed by atoms with Crippen molar-refractivity contribution in [1.82, 2.24) is 30.1 Å². The van der Waals surface area contributed by atoms with Gasteiger partial charge in [0.2, 0.25) is 5.91 Å². The number of carbonyl (C=O) groups is 1. The number of imidazole rings is 1. The maximum Gasteiger partial charge on any atom is 0.237 e. The molecular formula is C24H21N7O. The maximum absolute atomic E-state index is 12.8. The summed E-state index contributed by atoms with van der Waals surface area (Å²) in [7, 11) is 0. The van der Waals surface area contributed by atoms with Crippen molar-refractivity contribution >= 4 is 33.5 Å². The van der Waals surface area contributed by atoms with Crippen molar-refractivity contribution in [2.45, 2.75) is 26.2 Å². The summed E-state index contributed by atoms with van der Waals surface area (Å²) >= 11 is 0. The van der Waals surface area contributed by atoms with Gasteiger partial charge in [-0.05, 0) is 56.2 Å². The van der Waals surface area contributed by atoms with Gasteiger partial charge in [-0.3, -0.25) is 9.89 Å². The average Bonchev–Trinajstić information content (AvgIpc) is 3.46. The third-order valence-electron chi connectivity index (χ3n) is 6.34. The molecule has 0 aliphatic carbocycles. The summed E-state index contributed by atoms with van der Waals surface area (Å²) in [5.74, 6) is 0.808. The van der Waals surface area contributed by atoms with E-state index in [1.165, 1.54) is 6.33 Å². The minimum atomic E-state index is -0.565. The number of benzene rings is 2. The first kappa shape index (κ1) is 18.7. The molecule has 0 fully saturated rings. The van der Waals surface area contributed by atoms with Crippen LogP contribution in [0.25, 0.3) is 44.6 Å². The smallest absolute Gasteiger partial charge is 0.237 e. The van der Waals surface area contributed by atoms with Crippen LogP contribution in [-0.2, 0) is 10.2 Å². The molecule has 0 radical (unpaired) electrons. The summed E-state index contributed by atoms with van der Waals surface area (Å²) < 4.78 is 0. The van der Waals surface area contributed by atoms with Gasteiger partial charge in [-0.15, -0.1) is 0 Å². The number of nitrogens with one attached hydrogen (secondary N) is 2. The molecule has 0 bridgehead atoms. The van der Waals surface area contributed by atoms with Crippen molar-refractivity contribution in [2.24, 2.45) is 0 Å². The number of hydrogen-bond acceptors (Lipinski definition) is 5. The summed E-state index contributed by atoms with van der Waals surface area (Å²) in [6.45, 7) is 6.58. The number of aromatic amines is 2. The molecule has 2 aromatic carbocycles. The molecule has 2 N–H and O–H groups in total. The highest BCUT2D eigenvalue weighted by Crippen LogP contribution is 2.43. The number of nitrogens with zero attached hydrogens (tertiary/aromatic N) is 5. The second-order valence-corrected chi connectivity index (χ2v) is 8.61. The van der Waals surface area contributed by atoms with Gasteiger partial charge in [-0.1, -0.05) is 6.07 Å². The molecule has 0 saturated heterocycles. The lowest BCUT2D eigenvalue weighted by Gasteiger charge is -2.18. The molecule has 1 amide bonds. The van der Waals surface area contributed by atoms with Crippen molar-refractivity contribution in [3.05, 3.63) is 54.6 Å². The lowest BCUT2D eigenvalue weighted by Crippen LogP contribution is -2.35. The van der Waals surface area contributed by atoms with E-state index in [0.29, 0.717) is 12.4 Å². The van der Waals surface area contributed by atoms with Gasteiger partial charge in [0.1, 0.15) is 12.0 Å². The standard InChI is InChI=1S/C24H21N7O/c1-4-31-20-9-19-18(8-16(20)24(2,3)23(31)32)27-22(28-19)21-15-7-13(5-6-17(15)29-30-21)14-10-25-12-26-11-14/h5-12H,4H2,1-3H3,(H,27,28)(H,29,30). The first-order valence-electron chi connectivity index (χ1n) is 10.6. The molecule has 4 heterocycles. The zero-order valence-corrected chi connectivity index (χ0v) is 18.0. The van der Waals surface area contributed by atoms with Crippen molar-refractivity contribution in [1.29, 1.82) is 0 Å². The van der Waals surface area contributed by atoms with E-state index in [1.54, 1.807) is 12.4 Å². The Morgan fingerprint density at radius 1 is 1.03 bits per heavy atom. The fraction of sp³-hybridized carbons (Fsp3) is 0.208. The molecule has 0 saturated carbocycles. The van der Waals surface area contributed by atoms with Crippen LogP contribution in [0.3, 0.4) is 0 Å². The van der Waals surface area contributed by atoms with E-state index in [4.69, 9.17) is 4.98 Å². The lowest BCUT2D eigenvalue weighted by molar-refractivity contribution is -0.122. The van der Waals surface area contributed by atoms with Gasteiger partial charge in [-0.2, -0.15) is 5.10 Å². The number of hydrogen-bond donors (Lipinski definition) is 2. The van der Waals surface area contributed by atoms with Gasteiger partial charge in [0.15, 0.2) is 5.82 Å². The van der Waals surface area contributed by atoms with Crippen LogP contribution in [0.4, 0.5) is 5.69 Å². The lowest BCUT2D eigenvalue weighted by atomic mass is 9.86. The molecule has 0 unspecified atom stereocenters. The SMILES string of the molecule is CCN1C(=O)C(C)(C)c2cc3nc(-c4n[nH]c5ccc(-c6cncnc6)cc45)[nH]c3cc21. The molecule has 5 aromatic rings. The Labute approximate surface area is 183 Å². The van der Waals surface area contributed by atoms with Crippen molar-refractivity contribution < 1.29 is 4.79 Å². The predicted molar refractivity (Wildman–Crippen MR) is 123 cm³/mol. The molecule has 3 aromatic heterocycles. The van der Waals surface area contributed by atoms with Gasteiger partial charge in [0.05, 0.1) is 27.7 Å². The maximum atomic E-state index is 12.8. The van der Waals surface area contributed by atoms with Crippen molar-refractivity contribution in [2.75, 3.05) is 11.4 Å². The Morgan fingerprint density at radius 2 is 1.84 bits per heavy atom. The monoisotopic (exact) mass is 423 g/mol. The molecule has 1 aliphatic heterocycles. The molecule has 0 spiro atoms. The van der Waals surface area contributed by atoms with Crippen molar-refractivity contribution in [3.8, 4) is 22.6 Å². The van der Waals surface area contributed by atoms with Gasteiger partial charge in [0.25, 0.3) is 0 Å². The third kappa shape index (κ3) is 2.52. The van der Waals surface area contributed by atoms with Gasteiger partial charge >= 0.3 is 0 Å². The molecule has 8 heteroatoms. The molecule has 158 valence electrons. The van der Waals surface area contributed by atoms with E-state index in [0.717, 1.165) is 50.0 Å². The topological polar surface area (TPSA) is 103 Å². The summed E-state index contributed by atoms with van der Waals surface area (Å²) in [5, 5.41) is 8.59. The minimum Gasteiger partial charge on any atom is -0.337 e. The zero-order valence-electron chi connectivity index (χ0n) is 18.0. The minimum absolute atomic E-state index is 0.124. The van der Waals surface area contributed by atoms with E-state index in [1.807, 2.05) is 49.9 Å². The molecular weight excluding hydrogens is 402 g/mol. The number of H-pyrrole nitrogens is 2. The Morgan fingerprint density at radius 3 is 2.62 bits per heavy atom. The number of carbonyl (C=O) groups excluding carboxylic acids is 1. The van der Waals surface area contributed by atoms with Crippen LogP contribution in [-0.4, -0.2) is 42.6 Å². The molecule has 6 rings (SSSR count). The van der Waals surface area contributed by atoms with Gasteiger partial charge < -0.3 is 9.88 Å². The highest BCUT2D eigenvalue weighted by Gasteiger charge is 2.43. The number of fused-ring (bicyclic) bond motifs is 3. The fourth-order valence-corrected chi connectivity index (χ4v) is 4.58. The number of amides is 1. The summed E-state index contributed by atoms with van der Waals surface area (Å²) in [6, 6.07) is 10.1. The van der Waals surface area contributed by atoms with Crippen LogP contribution in [0, 0.1) is 0 Å². The molecule has 0 atom stereocenters. The summed E-state index contributed by atoms with van der Waals surface area (Å²) in [5.41, 5.74) is 6.71. The van der Waals surface area contributed by atoms with E-state index in [9.17, 15) is 4.79 Å². The Kier molecular flexibility index (Phi) is 3.77. The van der Waals surface area contributed by atoms with Gasteiger partial charge in [-0.25, -0.2) is 15.0 Å². The van der Waals surface area contributed by atoms with Crippen LogP contribution >= 0.6 is 0 Å². The summed E-state index contributed by atoms with van der Waals surface area (Å²) in [6.07, 6.45) is 5.10. The van der Waals surface area contributed by atoms with Crippen molar-refractivity contribution in [3.63, 3.8) is 0 Å². The quantitative estimate of drug-likeness (QED) is 0.452. The average molecular weight is 423 g/mol. The second-order valence-electron chi connectivity index (χ2n) is 8.61. The fourth-order valence-electron chi connectivity index (χ4n) is 4.58. The molecule has 8 nitrogen and oxygen atoms in total. The highest BCUT2D eigenvalue weighted by molar-refractivity contribution is 6.09. The zero-order chi connectivity index (χ0) is 22.0. The number of likely N-dealkylation sites (N-methyl/N-ethyl adjacent to an activating group) is 1. The van der Waals surface area contributed by atoms with E-state index in [2.05, 4.69) is 31.2 Å². The Hall–Kier alpha value is -4.07. The second kappa shape index (κ2) is 6.46. The van der Waals surface area contributed by atoms with E-state index < -0.39 is 5.41 Å². The van der Waals surface area contributed by atoms with Crippen LogP contribution in [0.2, 0.25) is 0 Å². The first-order valence-corrected chi connectivity index (χ1v) is 10.6. The molecule has 32 heavy (non-hydrogen) atoms. The van der Waals surface area contributed by atoms with E-state index in [-0.39, 0.29) is 5.91 Å². The summed E-state index contributed by atoms with van der Waals surface area (Å²) in [4.78, 5) is 31.2. The van der Waals surface area contributed by atoms with Crippen LogP contribution in [0.15, 0.2) is 49.1 Å². The number of anilines is 1. The Balaban J connectivity index is 1.50. The molecule has 1 aliphatic rings. The van der Waals surface area contributed by atoms with E-state index >= 15 is 0 Å². The first-order chi connectivity index (χ1) is 15.5. The third-order valence-corrected chi connectivity index (χ3v) is 6.34. The predicted octanol–water partition coefficient (Wildman–Crippen LogP) is 4.21. The van der Waals surface area contributed by atoms with Gasteiger partial charge in [0, 0.05) is 29.9 Å².